The zero-order valence-corrected chi connectivity index (χ0v) is 23.6. The first-order valence-corrected chi connectivity index (χ1v) is 14.4. The van der Waals surface area contributed by atoms with Crippen LogP contribution in [0.2, 0.25) is 0 Å². The number of nitrogens with zero attached hydrogens (tertiary/aromatic N) is 1. The van der Waals surface area contributed by atoms with Crippen molar-refractivity contribution in [3.8, 4) is 11.5 Å². The molecule has 0 aromatic heterocycles. The molecule has 0 radical (unpaired) electrons. The predicted molar refractivity (Wildman–Crippen MR) is 158 cm³/mol. The van der Waals surface area contributed by atoms with Gasteiger partial charge in [-0.05, 0) is 110 Å². The van der Waals surface area contributed by atoms with Gasteiger partial charge in [0.25, 0.3) is 0 Å². The summed E-state index contributed by atoms with van der Waals surface area (Å²) in [6, 6.07) is 24.2. The van der Waals surface area contributed by atoms with Crippen molar-refractivity contribution in [1.82, 2.24) is 4.90 Å². The van der Waals surface area contributed by atoms with E-state index in [0.717, 1.165) is 42.9 Å². The second kappa shape index (κ2) is 12.2. The normalized spacial score (nSPS) is 16.6. The molecule has 5 rings (SSSR count). The summed E-state index contributed by atoms with van der Waals surface area (Å²) in [7, 11) is 1.75. The molecule has 1 saturated heterocycles. The Labute approximate surface area is 229 Å². The van der Waals surface area contributed by atoms with E-state index in [9.17, 15) is 0 Å². The highest BCUT2D eigenvalue weighted by Gasteiger charge is 2.23. The van der Waals surface area contributed by atoms with Gasteiger partial charge in [-0.2, -0.15) is 0 Å². The molecule has 0 N–H and O–H groups in total. The number of rotatable bonds is 9. The van der Waals surface area contributed by atoms with Crippen LogP contribution in [-0.4, -0.2) is 31.6 Å². The van der Waals surface area contributed by atoms with Gasteiger partial charge in [-0.1, -0.05) is 68.0 Å². The molecule has 3 aromatic carbocycles. The minimum Gasteiger partial charge on any atom is -0.496 e. The van der Waals surface area contributed by atoms with E-state index < -0.39 is 0 Å². The summed E-state index contributed by atoms with van der Waals surface area (Å²) in [4.78, 5) is 2.67. The third-order valence-electron chi connectivity index (χ3n) is 8.37. The average molecular weight is 510 g/mol. The number of allylic oxidation sites excluding steroid dienone is 1. The minimum atomic E-state index is 0.517. The number of hydrogen-bond donors (Lipinski definition) is 0. The molecule has 3 heteroatoms. The van der Waals surface area contributed by atoms with Crippen LogP contribution in [0.1, 0.15) is 73.8 Å². The van der Waals surface area contributed by atoms with E-state index in [4.69, 9.17) is 9.47 Å². The van der Waals surface area contributed by atoms with Crippen LogP contribution in [0.5, 0.6) is 11.5 Å². The van der Waals surface area contributed by atoms with E-state index in [-0.39, 0.29) is 0 Å². The highest BCUT2D eigenvalue weighted by Crippen LogP contribution is 2.35. The van der Waals surface area contributed by atoms with E-state index in [0.29, 0.717) is 18.4 Å². The quantitative estimate of drug-likeness (QED) is 0.291. The zero-order chi connectivity index (χ0) is 26.5. The number of benzene rings is 3. The van der Waals surface area contributed by atoms with Gasteiger partial charge < -0.3 is 9.47 Å². The van der Waals surface area contributed by atoms with Crippen molar-refractivity contribution in [1.29, 1.82) is 0 Å². The molecule has 0 amide bonds. The Hall–Kier alpha value is -3.04. The summed E-state index contributed by atoms with van der Waals surface area (Å²) in [5.41, 5.74) is 9.79. The summed E-state index contributed by atoms with van der Waals surface area (Å²) >= 11 is 0. The van der Waals surface area contributed by atoms with Crippen LogP contribution < -0.4 is 9.47 Å². The van der Waals surface area contributed by atoms with Crippen LogP contribution in [0.15, 0.2) is 72.3 Å². The first-order chi connectivity index (χ1) is 18.5. The van der Waals surface area contributed by atoms with Crippen molar-refractivity contribution in [2.75, 3.05) is 26.7 Å². The molecule has 1 heterocycles. The van der Waals surface area contributed by atoms with Gasteiger partial charge in [0.1, 0.15) is 18.1 Å². The van der Waals surface area contributed by atoms with Crippen molar-refractivity contribution < 1.29 is 9.47 Å². The van der Waals surface area contributed by atoms with Gasteiger partial charge in [-0.25, -0.2) is 0 Å². The lowest BCUT2D eigenvalue weighted by atomic mass is 9.85. The Balaban J connectivity index is 1.20. The van der Waals surface area contributed by atoms with Gasteiger partial charge in [-0.15, -0.1) is 0 Å². The number of ether oxygens (including phenoxy) is 2. The number of piperidine rings is 1. The van der Waals surface area contributed by atoms with E-state index in [1.54, 1.807) is 12.7 Å². The van der Waals surface area contributed by atoms with Crippen molar-refractivity contribution >= 4 is 5.57 Å². The Morgan fingerprint density at radius 3 is 2.45 bits per heavy atom. The first-order valence-electron chi connectivity index (χ1n) is 14.4. The molecule has 0 saturated carbocycles. The van der Waals surface area contributed by atoms with Gasteiger partial charge >= 0.3 is 0 Å². The maximum Gasteiger partial charge on any atom is 0.125 e. The number of likely N-dealkylation sites (tertiary alicyclic amines) is 1. The molecule has 1 aliphatic carbocycles. The van der Waals surface area contributed by atoms with Crippen LogP contribution in [0.3, 0.4) is 0 Å². The van der Waals surface area contributed by atoms with Crippen molar-refractivity contribution in [3.63, 3.8) is 0 Å². The molecule has 3 nitrogen and oxygen atoms in total. The fourth-order valence-electron chi connectivity index (χ4n) is 6.18. The van der Waals surface area contributed by atoms with Gasteiger partial charge in [0.15, 0.2) is 0 Å². The molecule has 0 unspecified atom stereocenters. The topological polar surface area (TPSA) is 21.7 Å². The fraction of sp³-hybridized carbons (Fsp3) is 0.429. The zero-order valence-electron chi connectivity index (χ0n) is 23.6. The van der Waals surface area contributed by atoms with Gasteiger partial charge in [-0.3, -0.25) is 4.90 Å². The Morgan fingerprint density at radius 2 is 1.71 bits per heavy atom. The summed E-state index contributed by atoms with van der Waals surface area (Å²) in [6.07, 6.45) is 5.82. The van der Waals surface area contributed by atoms with E-state index >= 15 is 0 Å². The van der Waals surface area contributed by atoms with Crippen molar-refractivity contribution in [3.05, 3.63) is 100 Å². The molecule has 1 aliphatic heterocycles. The number of fused-ring (bicyclic) bond motifs is 1. The van der Waals surface area contributed by atoms with E-state index in [1.165, 1.54) is 53.8 Å². The minimum absolute atomic E-state index is 0.517. The lowest BCUT2D eigenvalue weighted by Gasteiger charge is -2.34. The highest BCUT2D eigenvalue weighted by molar-refractivity contribution is 5.72. The lowest BCUT2D eigenvalue weighted by molar-refractivity contribution is 0.226. The Morgan fingerprint density at radius 1 is 0.921 bits per heavy atom. The van der Waals surface area contributed by atoms with Crippen LogP contribution in [0.25, 0.3) is 5.57 Å². The van der Waals surface area contributed by atoms with Crippen LogP contribution >= 0.6 is 0 Å². The monoisotopic (exact) mass is 509 g/mol. The molecule has 38 heavy (non-hydrogen) atoms. The standard InChI is InChI=1S/C35H43NO2/c1-25(2)20-27-10-11-32(35(21-27)37-4)24-38-33-14-15-34-26(3)31(13-12-30(34)22-33)23-36-18-16-29(17-19-36)28-8-6-5-7-9-28/h5-11,14-15,21-22,25,29H,12-13,16-20,23-24H2,1-4H3. The van der Waals surface area contributed by atoms with E-state index in [1.807, 2.05) is 0 Å². The largest absolute Gasteiger partial charge is 0.496 e. The molecule has 0 bridgehead atoms. The first kappa shape index (κ1) is 26.6. The number of methoxy groups -OCH3 is 1. The average Bonchev–Trinajstić information content (AvgIpc) is 2.94. The number of hydrogen-bond acceptors (Lipinski definition) is 3. The highest BCUT2D eigenvalue weighted by atomic mass is 16.5. The molecular weight excluding hydrogens is 466 g/mol. The summed E-state index contributed by atoms with van der Waals surface area (Å²) < 4.78 is 11.9. The predicted octanol–water partition coefficient (Wildman–Crippen LogP) is 8.07. The van der Waals surface area contributed by atoms with Gasteiger partial charge in [0.05, 0.1) is 7.11 Å². The van der Waals surface area contributed by atoms with Crippen LogP contribution in [0.4, 0.5) is 0 Å². The molecule has 1 fully saturated rings. The molecule has 2 aliphatic rings. The Bertz CT molecular complexity index is 1250. The molecule has 0 spiro atoms. The van der Waals surface area contributed by atoms with Crippen molar-refractivity contribution in [2.24, 2.45) is 5.92 Å². The second-order valence-corrected chi connectivity index (χ2v) is 11.5. The van der Waals surface area contributed by atoms with Gasteiger partial charge in [0.2, 0.25) is 0 Å². The van der Waals surface area contributed by atoms with Crippen LogP contribution in [-0.2, 0) is 19.4 Å². The number of aryl methyl sites for hydroxylation is 1. The van der Waals surface area contributed by atoms with Crippen LogP contribution in [0, 0.1) is 5.92 Å². The summed E-state index contributed by atoms with van der Waals surface area (Å²) in [5, 5.41) is 0. The molecular formula is C35H43NO2. The third-order valence-corrected chi connectivity index (χ3v) is 8.37. The maximum absolute atomic E-state index is 6.25. The van der Waals surface area contributed by atoms with Gasteiger partial charge in [0, 0.05) is 12.1 Å². The lowest BCUT2D eigenvalue weighted by Crippen LogP contribution is -2.35. The molecule has 0 atom stereocenters. The second-order valence-electron chi connectivity index (χ2n) is 11.5. The van der Waals surface area contributed by atoms with E-state index in [2.05, 4.69) is 92.4 Å². The maximum atomic E-state index is 6.25. The smallest absolute Gasteiger partial charge is 0.125 e. The summed E-state index contributed by atoms with van der Waals surface area (Å²) in [5.74, 6) is 3.20. The fourth-order valence-corrected chi connectivity index (χ4v) is 6.18. The third kappa shape index (κ3) is 6.32. The Kier molecular flexibility index (Phi) is 8.54. The summed E-state index contributed by atoms with van der Waals surface area (Å²) in [6.45, 7) is 10.8. The van der Waals surface area contributed by atoms with Crippen molar-refractivity contribution in [2.45, 2.75) is 65.4 Å². The SMILES string of the molecule is COc1cc(CC(C)C)ccc1COc1ccc2c(c1)CCC(CN1CCC(c3ccccc3)CC1)=C2C. The molecule has 200 valence electrons. The molecule has 3 aromatic rings.